The standard InChI is InChI=1S/C8H18N2O/c1-4-8(11)10(5-2)7-6-9-3/h9H,4-7H2,1-3H3. The van der Waals surface area contributed by atoms with E-state index in [2.05, 4.69) is 5.32 Å². The topological polar surface area (TPSA) is 32.3 Å². The van der Waals surface area contributed by atoms with Crippen LogP contribution in [0.3, 0.4) is 0 Å². The van der Waals surface area contributed by atoms with Gasteiger partial charge < -0.3 is 10.2 Å². The van der Waals surface area contributed by atoms with Crippen LogP contribution in [0.25, 0.3) is 0 Å². The Labute approximate surface area is 68.8 Å². The third-order valence-electron chi connectivity index (χ3n) is 1.67. The van der Waals surface area contributed by atoms with Gasteiger partial charge in [0.1, 0.15) is 0 Å². The number of hydrogen-bond donors (Lipinski definition) is 1. The number of hydrogen-bond acceptors (Lipinski definition) is 2. The molecule has 0 bridgehead atoms. The molecule has 0 aliphatic rings. The largest absolute Gasteiger partial charge is 0.342 e. The van der Waals surface area contributed by atoms with E-state index in [1.54, 1.807) is 0 Å². The van der Waals surface area contributed by atoms with Gasteiger partial charge in [-0.05, 0) is 14.0 Å². The molecule has 1 N–H and O–H groups in total. The van der Waals surface area contributed by atoms with Crippen molar-refractivity contribution in [3.8, 4) is 0 Å². The van der Waals surface area contributed by atoms with E-state index in [9.17, 15) is 4.79 Å². The highest BCUT2D eigenvalue weighted by molar-refractivity contribution is 5.75. The average molecular weight is 158 g/mol. The molecule has 1 amide bonds. The van der Waals surface area contributed by atoms with Crippen LogP contribution in [0.2, 0.25) is 0 Å². The fourth-order valence-electron chi connectivity index (χ4n) is 0.930. The van der Waals surface area contributed by atoms with E-state index < -0.39 is 0 Å². The average Bonchev–Trinajstić information content (AvgIpc) is 2.05. The monoisotopic (exact) mass is 158 g/mol. The predicted molar refractivity (Wildman–Crippen MR) is 46.5 cm³/mol. The van der Waals surface area contributed by atoms with Gasteiger partial charge in [0.2, 0.25) is 5.91 Å². The van der Waals surface area contributed by atoms with Crippen LogP contribution in [-0.2, 0) is 4.79 Å². The zero-order valence-electron chi connectivity index (χ0n) is 7.68. The fourth-order valence-corrected chi connectivity index (χ4v) is 0.930. The van der Waals surface area contributed by atoms with Gasteiger partial charge >= 0.3 is 0 Å². The van der Waals surface area contributed by atoms with Crippen molar-refractivity contribution < 1.29 is 4.79 Å². The third kappa shape index (κ3) is 3.98. The number of amides is 1. The molecular weight excluding hydrogens is 140 g/mol. The summed E-state index contributed by atoms with van der Waals surface area (Å²) in [5.41, 5.74) is 0. The molecule has 3 nitrogen and oxygen atoms in total. The Kier molecular flexibility index (Phi) is 5.84. The highest BCUT2D eigenvalue weighted by Gasteiger charge is 2.06. The van der Waals surface area contributed by atoms with Gasteiger partial charge in [-0.2, -0.15) is 0 Å². The Morgan fingerprint density at radius 2 is 2.09 bits per heavy atom. The van der Waals surface area contributed by atoms with Crippen molar-refractivity contribution in [2.75, 3.05) is 26.7 Å². The zero-order chi connectivity index (χ0) is 8.69. The summed E-state index contributed by atoms with van der Waals surface area (Å²) in [4.78, 5) is 13.0. The Morgan fingerprint density at radius 1 is 1.45 bits per heavy atom. The molecule has 0 aromatic carbocycles. The second-order valence-corrected chi connectivity index (χ2v) is 2.43. The summed E-state index contributed by atoms with van der Waals surface area (Å²) in [6, 6.07) is 0. The SMILES string of the molecule is CCC(=O)N(CC)CCNC. The van der Waals surface area contributed by atoms with Crippen molar-refractivity contribution >= 4 is 5.91 Å². The van der Waals surface area contributed by atoms with Gasteiger partial charge in [0.25, 0.3) is 0 Å². The first-order chi connectivity index (χ1) is 5.26. The molecule has 0 spiro atoms. The molecule has 0 rings (SSSR count). The van der Waals surface area contributed by atoms with Crippen LogP contribution in [0.4, 0.5) is 0 Å². The summed E-state index contributed by atoms with van der Waals surface area (Å²) >= 11 is 0. The lowest BCUT2D eigenvalue weighted by atomic mass is 10.4. The van der Waals surface area contributed by atoms with E-state index in [1.165, 1.54) is 0 Å². The van der Waals surface area contributed by atoms with Crippen molar-refractivity contribution in [1.29, 1.82) is 0 Å². The molecule has 0 aliphatic heterocycles. The number of likely N-dealkylation sites (N-methyl/N-ethyl adjacent to an activating group) is 2. The van der Waals surface area contributed by atoms with E-state index in [4.69, 9.17) is 0 Å². The van der Waals surface area contributed by atoms with Crippen molar-refractivity contribution in [3.63, 3.8) is 0 Å². The van der Waals surface area contributed by atoms with Crippen molar-refractivity contribution in [3.05, 3.63) is 0 Å². The van der Waals surface area contributed by atoms with Gasteiger partial charge in [0.05, 0.1) is 0 Å². The predicted octanol–water partition coefficient (Wildman–Crippen LogP) is 0.464. The Bertz CT molecular complexity index is 115. The number of nitrogens with zero attached hydrogens (tertiary/aromatic N) is 1. The van der Waals surface area contributed by atoms with E-state index in [-0.39, 0.29) is 5.91 Å². The summed E-state index contributed by atoms with van der Waals surface area (Å²) in [6.07, 6.45) is 0.609. The Balaban J connectivity index is 3.65. The molecule has 66 valence electrons. The first-order valence-corrected chi connectivity index (χ1v) is 4.18. The molecule has 0 atom stereocenters. The molecule has 0 aromatic rings. The smallest absolute Gasteiger partial charge is 0.222 e. The summed E-state index contributed by atoms with van der Waals surface area (Å²) in [5, 5.41) is 3.02. The molecule has 3 heteroatoms. The molecule has 0 fully saturated rings. The lowest BCUT2D eigenvalue weighted by Crippen LogP contribution is -2.35. The highest BCUT2D eigenvalue weighted by atomic mass is 16.2. The molecule has 11 heavy (non-hydrogen) atoms. The lowest BCUT2D eigenvalue weighted by Gasteiger charge is -2.19. The van der Waals surface area contributed by atoms with Crippen molar-refractivity contribution in [2.24, 2.45) is 0 Å². The van der Waals surface area contributed by atoms with Crippen molar-refractivity contribution in [2.45, 2.75) is 20.3 Å². The summed E-state index contributed by atoms with van der Waals surface area (Å²) in [7, 11) is 1.89. The molecular formula is C8H18N2O. The minimum Gasteiger partial charge on any atom is -0.342 e. The summed E-state index contributed by atoms with van der Waals surface area (Å²) in [5.74, 6) is 0.239. The maximum absolute atomic E-state index is 11.1. The van der Waals surface area contributed by atoms with Gasteiger partial charge in [0, 0.05) is 26.1 Å². The normalized spacial score (nSPS) is 9.73. The van der Waals surface area contributed by atoms with E-state index in [0.717, 1.165) is 19.6 Å². The van der Waals surface area contributed by atoms with Crippen LogP contribution in [0.15, 0.2) is 0 Å². The summed E-state index contributed by atoms with van der Waals surface area (Å²) < 4.78 is 0. The van der Waals surface area contributed by atoms with E-state index in [1.807, 2.05) is 25.8 Å². The maximum Gasteiger partial charge on any atom is 0.222 e. The zero-order valence-corrected chi connectivity index (χ0v) is 7.68. The molecule has 0 aromatic heterocycles. The number of rotatable bonds is 5. The lowest BCUT2D eigenvalue weighted by molar-refractivity contribution is -0.130. The van der Waals surface area contributed by atoms with Crippen LogP contribution in [0, 0.1) is 0 Å². The molecule has 0 radical (unpaired) electrons. The number of nitrogens with one attached hydrogen (secondary N) is 1. The van der Waals surface area contributed by atoms with Gasteiger partial charge in [-0.25, -0.2) is 0 Å². The van der Waals surface area contributed by atoms with E-state index >= 15 is 0 Å². The second-order valence-electron chi connectivity index (χ2n) is 2.43. The molecule has 0 unspecified atom stereocenters. The van der Waals surface area contributed by atoms with Gasteiger partial charge in [-0.1, -0.05) is 6.92 Å². The van der Waals surface area contributed by atoms with Crippen LogP contribution in [0.5, 0.6) is 0 Å². The fraction of sp³-hybridized carbons (Fsp3) is 0.875. The highest BCUT2D eigenvalue weighted by Crippen LogP contribution is 1.91. The Morgan fingerprint density at radius 3 is 2.45 bits per heavy atom. The Hall–Kier alpha value is -0.570. The van der Waals surface area contributed by atoms with Crippen LogP contribution in [-0.4, -0.2) is 37.5 Å². The minimum absolute atomic E-state index is 0.239. The van der Waals surface area contributed by atoms with Gasteiger partial charge in [-0.3, -0.25) is 4.79 Å². The summed E-state index contributed by atoms with van der Waals surface area (Å²) in [6.45, 7) is 6.40. The van der Waals surface area contributed by atoms with Crippen LogP contribution in [0.1, 0.15) is 20.3 Å². The number of carbonyl (C=O) groups is 1. The van der Waals surface area contributed by atoms with Gasteiger partial charge in [-0.15, -0.1) is 0 Å². The quantitative estimate of drug-likeness (QED) is 0.630. The third-order valence-corrected chi connectivity index (χ3v) is 1.67. The maximum atomic E-state index is 11.1. The van der Waals surface area contributed by atoms with E-state index in [0.29, 0.717) is 6.42 Å². The minimum atomic E-state index is 0.239. The van der Waals surface area contributed by atoms with Crippen LogP contribution < -0.4 is 5.32 Å². The van der Waals surface area contributed by atoms with Gasteiger partial charge in [0.15, 0.2) is 0 Å². The first kappa shape index (κ1) is 10.4. The molecule has 0 saturated heterocycles. The van der Waals surface area contributed by atoms with Crippen molar-refractivity contribution in [1.82, 2.24) is 10.2 Å². The molecule has 0 aliphatic carbocycles. The number of carbonyl (C=O) groups excluding carboxylic acids is 1. The molecule has 0 heterocycles. The van der Waals surface area contributed by atoms with Crippen LogP contribution >= 0.6 is 0 Å². The second kappa shape index (κ2) is 6.16. The first-order valence-electron chi connectivity index (χ1n) is 4.18. The molecule has 0 saturated carbocycles.